The predicted molar refractivity (Wildman–Crippen MR) is 77.5 cm³/mol. The van der Waals surface area contributed by atoms with Crippen LogP contribution in [0.3, 0.4) is 0 Å². The van der Waals surface area contributed by atoms with Crippen LogP contribution >= 0.6 is 11.8 Å². The van der Waals surface area contributed by atoms with Crippen LogP contribution < -0.4 is 5.32 Å². The van der Waals surface area contributed by atoms with Crippen LogP contribution in [0.15, 0.2) is 29.2 Å². The third kappa shape index (κ3) is 5.79. The number of hydrogen-bond acceptors (Lipinski definition) is 3. The van der Waals surface area contributed by atoms with Gasteiger partial charge in [0.05, 0.1) is 5.69 Å². The van der Waals surface area contributed by atoms with Crippen molar-refractivity contribution in [2.24, 2.45) is 5.92 Å². The van der Waals surface area contributed by atoms with Gasteiger partial charge in [-0.3, -0.25) is 9.59 Å². The molecule has 19 heavy (non-hydrogen) atoms. The zero-order chi connectivity index (χ0) is 14.3. The largest absolute Gasteiger partial charge is 0.481 e. The maximum Gasteiger partial charge on any atom is 0.303 e. The van der Waals surface area contributed by atoms with Crippen molar-refractivity contribution in [3.05, 3.63) is 24.3 Å². The number of anilines is 1. The van der Waals surface area contributed by atoms with Crippen LogP contribution in [0.4, 0.5) is 5.69 Å². The molecule has 1 aromatic carbocycles. The van der Waals surface area contributed by atoms with Gasteiger partial charge < -0.3 is 10.4 Å². The van der Waals surface area contributed by atoms with Crippen molar-refractivity contribution in [3.8, 4) is 0 Å². The molecule has 1 atom stereocenters. The Morgan fingerprint density at radius 2 is 2.00 bits per heavy atom. The Morgan fingerprint density at radius 3 is 2.63 bits per heavy atom. The quantitative estimate of drug-likeness (QED) is 0.753. The van der Waals surface area contributed by atoms with E-state index in [4.69, 9.17) is 5.11 Å². The van der Waals surface area contributed by atoms with E-state index in [-0.39, 0.29) is 24.7 Å². The first-order chi connectivity index (χ1) is 9.02. The molecule has 4 nitrogen and oxygen atoms in total. The highest BCUT2D eigenvalue weighted by molar-refractivity contribution is 7.99. The summed E-state index contributed by atoms with van der Waals surface area (Å²) in [5.41, 5.74) is 0.793. The molecular weight excluding hydrogens is 262 g/mol. The summed E-state index contributed by atoms with van der Waals surface area (Å²) in [6.45, 7) is 3.82. The van der Waals surface area contributed by atoms with E-state index >= 15 is 0 Å². The van der Waals surface area contributed by atoms with Gasteiger partial charge in [-0.25, -0.2) is 0 Å². The molecule has 0 aliphatic rings. The first-order valence-electron chi connectivity index (χ1n) is 6.26. The van der Waals surface area contributed by atoms with Crippen molar-refractivity contribution < 1.29 is 14.7 Å². The average Bonchev–Trinajstić information content (AvgIpc) is 2.30. The van der Waals surface area contributed by atoms with Crippen LogP contribution in [0, 0.1) is 5.92 Å². The van der Waals surface area contributed by atoms with E-state index in [0.29, 0.717) is 0 Å². The topological polar surface area (TPSA) is 66.4 Å². The molecule has 1 amide bonds. The molecule has 0 bridgehead atoms. The van der Waals surface area contributed by atoms with Crippen molar-refractivity contribution in [1.82, 2.24) is 0 Å². The van der Waals surface area contributed by atoms with Crippen molar-refractivity contribution >= 4 is 29.3 Å². The Hall–Kier alpha value is -1.49. The minimum absolute atomic E-state index is 0.0127. The molecule has 0 spiro atoms. The average molecular weight is 281 g/mol. The van der Waals surface area contributed by atoms with Gasteiger partial charge in [-0.2, -0.15) is 0 Å². The summed E-state index contributed by atoms with van der Waals surface area (Å²) < 4.78 is 0. The van der Waals surface area contributed by atoms with Crippen molar-refractivity contribution in [3.63, 3.8) is 0 Å². The van der Waals surface area contributed by atoms with E-state index in [1.165, 1.54) is 0 Å². The molecular formula is C14H19NO3S. The highest BCUT2D eigenvalue weighted by atomic mass is 32.2. The fourth-order valence-electron chi connectivity index (χ4n) is 1.74. The van der Waals surface area contributed by atoms with E-state index in [2.05, 4.69) is 12.2 Å². The Morgan fingerprint density at radius 1 is 1.32 bits per heavy atom. The second-order valence-corrected chi connectivity index (χ2v) is 5.69. The van der Waals surface area contributed by atoms with Gasteiger partial charge in [0.25, 0.3) is 0 Å². The number of hydrogen-bond donors (Lipinski definition) is 2. The summed E-state index contributed by atoms with van der Waals surface area (Å²) >= 11 is 1.66. The molecule has 0 saturated carbocycles. The molecule has 2 N–H and O–H groups in total. The number of aliphatic carboxylic acids is 1. The second kappa shape index (κ2) is 7.84. The fourth-order valence-corrected chi connectivity index (χ4v) is 2.50. The molecule has 0 heterocycles. The van der Waals surface area contributed by atoms with E-state index in [1.54, 1.807) is 18.7 Å². The van der Waals surface area contributed by atoms with Gasteiger partial charge in [0.1, 0.15) is 0 Å². The number of carbonyl (C=O) groups excluding carboxylic acids is 1. The summed E-state index contributed by atoms with van der Waals surface area (Å²) in [6.07, 6.45) is 0.232. The number of amides is 1. The van der Waals surface area contributed by atoms with E-state index in [9.17, 15) is 9.59 Å². The minimum atomic E-state index is -0.873. The van der Waals surface area contributed by atoms with Gasteiger partial charge in [-0.1, -0.05) is 26.0 Å². The molecule has 0 aliphatic heterocycles. The molecule has 0 aliphatic carbocycles. The summed E-state index contributed by atoms with van der Waals surface area (Å²) in [5, 5.41) is 11.5. The molecule has 0 aromatic heterocycles. The number of para-hydroxylation sites is 1. The Labute approximate surface area is 117 Å². The summed E-state index contributed by atoms with van der Waals surface area (Å²) in [5.74, 6) is -0.244. The first kappa shape index (κ1) is 15.6. The molecule has 1 rings (SSSR count). The Bertz CT molecular complexity index is 448. The highest BCUT2D eigenvalue weighted by Gasteiger charge is 2.13. The van der Waals surface area contributed by atoms with Gasteiger partial charge in [0.15, 0.2) is 0 Å². The van der Waals surface area contributed by atoms with E-state index in [1.807, 2.05) is 24.3 Å². The number of rotatable bonds is 7. The SMILES string of the molecule is CCSc1ccccc1NC(=O)CC(C)CC(=O)O. The van der Waals surface area contributed by atoms with Crippen LogP contribution in [0.25, 0.3) is 0 Å². The van der Waals surface area contributed by atoms with Gasteiger partial charge in [0.2, 0.25) is 5.91 Å². The van der Waals surface area contributed by atoms with Crippen molar-refractivity contribution in [2.45, 2.75) is 31.6 Å². The van der Waals surface area contributed by atoms with Crippen LogP contribution in [0.1, 0.15) is 26.7 Å². The van der Waals surface area contributed by atoms with E-state index < -0.39 is 5.97 Å². The maximum atomic E-state index is 11.8. The second-order valence-electron chi connectivity index (χ2n) is 4.38. The lowest BCUT2D eigenvalue weighted by atomic mass is 10.0. The molecule has 5 heteroatoms. The maximum absolute atomic E-state index is 11.8. The van der Waals surface area contributed by atoms with E-state index in [0.717, 1.165) is 16.3 Å². The van der Waals surface area contributed by atoms with Gasteiger partial charge >= 0.3 is 5.97 Å². The molecule has 1 unspecified atom stereocenters. The summed E-state index contributed by atoms with van der Waals surface area (Å²) in [4.78, 5) is 23.4. The number of benzene rings is 1. The zero-order valence-corrected chi connectivity index (χ0v) is 12.0. The standard InChI is InChI=1S/C14H19NO3S/c1-3-19-12-7-5-4-6-11(12)15-13(16)8-10(2)9-14(17)18/h4-7,10H,3,8-9H2,1-2H3,(H,15,16)(H,17,18). The Balaban J connectivity index is 2.59. The highest BCUT2D eigenvalue weighted by Crippen LogP contribution is 2.26. The lowest BCUT2D eigenvalue weighted by Gasteiger charge is -2.12. The number of carboxylic acids is 1. The molecule has 0 fully saturated rings. The zero-order valence-electron chi connectivity index (χ0n) is 11.2. The molecule has 0 radical (unpaired) electrons. The first-order valence-corrected chi connectivity index (χ1v) is 7.25. The third-order valence-corrected chi connectivity index (χ3v) is 3.47. The Kier molecular flexibility index (Phi) is 6.42. The molecule has 0 saturated heterocycles. The van der Waals surface area contributed by atoms with Crippen molar-refractivity contribution in [2.75, 3.05) is 11.1 Å². The number of nitrogens with one attached hydrogen (secondary N) is 1. The number of carboxylic acid groups (broad SMARTS) is 1. The van der Waals surface area contributed by atoms with Gasteiger partial charge in [-0.15, -0.1) is 11.8 Å². The lowest BCUT2D eigenvalue weighted by Crippen LogP contribution is -2.17. The van der Waals surface area contributed by atoms with Crippen LogP contribution in [-0.2, 0) is 9.59 Å². The smallest absolute Gasteiger partial charge is 0.303 e. The number of thioether (sulfide) groups is 1. The van der Waals surface area contributed by atoms with Crippen LogP contribution in [0.5, 0.6) is 0 Å². The van der Waals surface area contributed by atoms with Crippen molar-refractivity contribution in [1.29, 1.82) is 0 Å². The predicted octanol–water partition coefficient (Wildman–Crippen LogP) is 3.24. The molecule has 104 valence electrons. The summed E-state index contributed by atoms with van der Waals surface area (Å²) in [7, 11) is 0. The van der Waals surface area contributed by atoms with Crippen LogP contribution in [-0.4, -0.2) is 22.7 Å². The monoisotopic (exact) mass is 281 g/mol. The third-order valence-electron chi connectivity index (χ3n) is 2.52. The number of carbonyl (C=O) groups is 2. The summed E-state index contributed by atoms with van der Waals surface area (Å²) in [6, 6.07) is 7.62. The lowest BCUT2D eigenvalue weighted by molar-refractivity contribution is -0.138. The fraction of sp³-hybridized carbons (Fsp3) is 0.429. The van der Waals surface area contributed by atoms with Crippen LogP contribution in [0.2, 0.25) is 0 Å². The molecule has 1 aromatic rings. The van der Waals surface area contributed by atoms with Gasteiger partial charge in [0, 0.05) is 17.7 Å². The normalized spacial score (nSPS) is 11.9. The van der Waals surface area contributed by atoms with Gasteiger partial charge in [-0.05, 0) is 23.8 Å². The minimum Gasteiger partial charge on any atom is -0.481 e.